The lowest BCUT2D eigenvalue weighted by atomic mass is 10.2. The molecule has 1 N–H and O–H groups in total. The van der Waals surface area contributed by atoms with Gasteiger partial charge in [-0.15, -0.1) is 0 Å². The Hall–Kier alpha value is -2.35. The normalized spacial score (nSPS) is 14.7. The zero-order valence-electron chi connectivity index (χ0n) is 14.9. The Balaban J connectivity index is 1.71. The van der Waals surface area contributed by atoms with Gasteiger partial charge in [0.1, 0.15) is 22.2 Å². The lowest BCUT2D eigenvalue weighted by Gasteiger charge is -2.13. The van der Waals surface area contributed by atoms with E-state index in [1.807, 2.05) is 13.0 Å². The Morgan fingerprint density at radius 1 is 1.42 bits per heavy atom. The van der Waals surface area contributed by atoms with Crippen LogP contribution in [0.1, 0.15) is 59.4 Å². The number of aryl methyl sites for hydroxylation is 1. The first-order chi connectivity index (χ1) is 12.5. The SMILES string of the molecule is COC(=O)c1c(C)nc(C2CC2)nc1SCC(=O)N[C@H](C)c1ccco1. The molecular formula is C18H21N3O4S. The van der Waals surface area contributed by atoms with Crippen molar-refractivity contribution in [3.8, 4) is 0 Å². The summed E-state index contributed by atoms with van der Waals surface area (Å²) in [6, 6.07) is 3.36. The molecule has 7 nitrogen and oxygen atoms in total. The predicted octanol–water partition coefficient (Wildman–Crippen LogP) is 3.01. The summed E-state index contributed by atoms with van der Waals surface area (Å²) in [5.74, 6) is 1.26. The first-order valence-corrected chi connectivity index (χ1v) is 9.40. The van der Waals surface area contributed by atoms with Crippen LogP contribution in [-0.4, -0.2) is 34.7 Å². The fourth-order valence-electron chi connectivity index (χ4n) is 2.56. The molecule has 2 heterocycles. The number of nitrogens with zero attached hydrogens (tertiary/aromatic N) is 2. The van der Waals surface area contributed by atoms with Crippen LogP contribution < -0.4 is 5.32 Å². The Morgan fingerprint density at radius 3 is 2.81 bits per heavy atom. The third-order valence-corrected chi connectivity index (χ3v) is 5.07. The van der Waals surface area contributed by atoms with E-state index in [0.29, 0.717) is 28.0 Å². The zero-order chi connectivity index (χ0) is 18.7. The predicted molar refractivity (Wildman–Crippen MR) is 96.1 cm³/mol. The van der Waals surface area contributed by atoms with Crippen LogP contribution in [0.25, 0.3) is 0 Å². The van der Waals surface area contributed by atoms with Gasteiger partial charge in [-0.1, -0.05) is 11.8 Å². The molecule has 2 aromatic rings. The minimum absolute atomic E-state index is 0.135. The number of rotatable bonds is 7. The van der Waals surface area contributed by atoms with Gasteiger partial charge >= 0.3 is 5.97 Å². The summed E-state index contributed by atoms with van der Waals surface area (Å²) in [5.41, 5.74) is 0.911. The number of furan rings is 1. The van der Waals surface area contributed by atoms with Crippen molar-refractivity contribution in [3.63, 3.8) is 0 Å². The van der Waals surface area contributed by atoms with Gasteiger partial charge in [0.2, 0.25) is 5.91 Å². The van der Waals surface area contributed by atoms with Crippen LogP contribution in [0.3, 0.4) is 0 Å². The van der Waals surface area contributed by atoms with Gasteiger partial charge in [-0.05, 0) is 38.8 Å². The summed E-state index contributed by atoms with van der Waals surface area (Å²) in [6.07, 6.45) is 3.68. The van der Waals surface area contributed by atoms with Gasteiger partial charge in [0.05, 0.1) is 30.9 Å². The molecule has 1 atom stereocenters. The molecule has 26 heavy (non-hydrogen) atoms. The molecule has 138 valence electrons. The highest BCUT2D eigenvalue weighted by atomic mass is 32.2. The Labute approximate surface area is 155 Å². The average molecular weight is 375 g/mol. The topological polar surface area (TPSA) is 94.3 Å². The third-order valence-electron chi connectivity index (χ3n) is 4.09. The van der Waals surface area contributed by atoms with Gasteiger partial charge in [0.15, 0.2) is 0 Å². The number of aromatic nitrogens is 2. The highest BCUT2D eigenvalue weighted by molar-refractivity contribution is 8.00. The monoisotopic (exact) mass is 375 g/mol. The van der Waals surface area contributed by atoms with Gasteiger partial charge in [-0.2, -0.15) is 0 Å². The number of methoxy groups -OCH3 is 1. The Bertz CT molecular complexity index is 803. The van der Waals surface area contributed by atoms with E-state index in [2.05, 4.69) is 15.3 Å². The Kier molecular flexibility index (Phi) is 5.61. The van der Waals surface area contributed by atoms with Gasteiger partial charge in [-0.3, -0.25) is 4.79 Å². The minimum atomic E-state index is -0.489. The number of nitrogens with one attached hydrogen (secondary N) is 1. The Morgan fingerprint density at radius 2 is 2.19 bits per heavy atom. The molecule has 1 fully saturated rings. The van der Waals surface area contributed by atoms with Crippen LogP contribution in [-0.2, 0) is 9.53 Å². The van der Waals surface area contributed by atoms with Crippen LogP contribution in [0.2, 0.25) is 0 Å². The van der Waals surface area contributed by atoms with E-state index >= 15 is 0 Å². The second-order valence-corrected chi connectivity index (χ2v) is 7.17. The fourth-order valence-corrected chi connectivity index (χ4v) is 3.44. The van der Waals surface area contributed by atoms with E-state index in [0.717, 1.165) is 18.7 Å². The number of esters is 1. The van der Waals surface area contributed by atoms with E-state index in [9.17, 15) is 9.59 Å². The molecule has 0 bridgehead atoms. The van der Waals surface area contributed by atoms with Crippen molar-refractivity contribution in [2.24, 2.45) is 0 Å². The molecule has 2 aromatic heterocycles. The molecule has 0 aliphatic heterocycles. The van der Waals surface area contributed by atoms with Crippen molar-refractivity contribution in [1.29, 1.82) is 0 Å². The fraction of sp³-hybridized carbons (Fsp3) is 0.444. The van der Waals surface area contributed by atoms with Crippen LogP contribution in [0.15, 0.2) is 27.8 Å². The molecule has 1 aliphatic carbocycles. The molecule has 0 aromatic carbocycles. The van der Waals surface area contributed by atoms with E-state index in [-0.39, 0.29) is 17.7 Å². The molecule has 0 radical (unpaired) electrons. The molecule has 0 spiro atoms. The number of carbonyl (C=O) groups excluding carboxylic acids is 2. The molecule has 0 unspecified atom stereocenters. The number of amides is 1. The summed E-state index contributed by atoms with van der Waals surface area (Å²) < 4.78 is 10.1. The lowest BCUT2D eigenvalue weighted by molar-refractivity contribution is -0.119. The first kappa shape index (κ1) is 18.4. The molecule has 1 aliphatic rings. The van der Waals surface area contributed by atoms with Crippen molar-refractivity contribution in [1.82, 2.24) is 15.3 Å². The third kappa shape index (κ3) is 4.24. The van der Waals surface area contributed by atoms with Crippen LogP contribution in [0, 0.1) is 6.92 Å². The lowest BCUT2D eigenvalue weighted by Crippen LogP contribution is -2.28. The molecule has 1 amide bonds. The van der Waals surface area contributed by atoms with Crippen LogP contribution in [0.4, 0.5) is 0 Å². The van der Waals surface area contributed by atoms with E-state index < -0.39 is 5.97 Å². The molecule has 3 rings (SSSR count). The molecule has 1 saturated carbocycles. The van der Waals surface area contributed by atoms with Crippen molar-refractivity contribution in [2.45, 2.75) is 43.7 Å². The summed E-state index contributed by atoms with van der Waals surface area (Å²) in [4.78, 5) is 33.3. The van der Waals surface area contributed by atoms with Crippen molar-refractivity contribution in [2.75, 3.05) is 12.9 Å². The number of thioether (sulfide) groups is 1. The van der Waals surface area contributed by atoms with Crippen molar-refractivity contribution < 1.29 is 18.7 Å². The largest absolute Gasteiger partial charge is 0.467 e. The molecular weight excluding hydrogens is 354 g/mol. The number of ether oxygens (including phenoxy) is 1. The van der Waals surface area contributed by atoms with E-state index in [1.165, 1.54) is 18.9 Å². The van der Waals surface area contributed by atoms with E-state index in [4.69, 9.17) is 9.15 Å². The highest BCUT2D eigenvalue weighted by Crippen LogP contribution is 2.39. The number of hydrogen-bond acceptors (Lipinski definition) is 7. The maximum Gasteiger partial charge on any atom is 0.342 e. The average Bonchev–Trinajstić information content (AvgIpc) is 3.32. The summed E-state index contributed by atoms with van der Waals surface area (Å²) in [5, 5.41) is 3.36. The summed E-state index contributed by atoms with van der Waals surface area (Å²) >= 11 is 1.22. The quantitative estimate of drug-likeness (QED) is 0.451. The van der Waals surface area contributed by atoms with Crippen LogP contribution in [0.5, 0.6) is 0 Å². The standard InChI is InChI=1S/C18H21N3O4S/c1-10(13-5-4-8-25-13)19-14(22)9-26-17-15(18(23)24-3)11(2)20-16(21-17)12-6-7-12/h4-5,8,10,12H,6-7,9H2,1-3H3,(H,19,22)/t10-/m1/s1. The molecule has 0 saturated heterocycles. The maximum absolute atomic E-state index is 12.3. The minimum Gasteiger partial charge on any atom is -0.467 e. The van der Waals surface area contributed by atoms with Gasteiger partial charge < -0.3 is 14.5 Å². The summed E-state index contributed by atoms with van der Waals surface area (Å²) in [7, 11) is 1.32. The van der Waals surface area contributed by atoms with Gasteiger partial charge in [0.25, 0.3) is 0 Å². The number of hydrogen-bond donors (Lipinski definition) is 1. The maximum atomic E-state index is 12.3. The number of carbonyl (C=O) groups is 2. The smallest absolute Gasteiger partial charge is 0.342 e. The summed E-state index contributed by atoms with van der Waals surface area (Å²) in [6.45, 7) is 3.62. The van der Waals surface area contributed by atoms with Crippen molar-refractivity contribution >= 4 is 23.6 Å². The molecule has 8 heteroatoms. The first-order valence-electron chi connectivity index (χ1n) is 8.42. The van der Waals surface area contributed by atoms with Gasteiger partial charge in [0, 0.05) is 5.92 Å². The van der Waals surface area contributed by atoms with Gasteiger partial charge in [-0.25, -0.2) is 14.8 Å². The highest BCUT2D eigenvalue weighted by Gasteiger charge is 2.30. The van der Waals surface area contributed by atoms with E-state index in [1.54, 1.807) is 19.3 Å². The second-order valence-electron chi connectivity index (χ2n) is 6.21. The zero-order valence-corrected chi connectivity index (χ0v) is 15.8. The van der Waals surface area contributed by atoms with Crippen molar-refractivity contribution in [3.05, 3.63) is 41.2 Å². The second kappa shape index (κ2) is 7.90. The van der Waals surface area contributed by atoms with Crippen LogP contribution >= 0.6 is 11.8 Å².